The molecule has 2 rings (SSSR count). The second kappa shape index (κ2) is 6.62. The molecule has 2 heteroatoms. The zero-order valence-corrected chi connectivity index (χ0v) is 13.5. The summed E-state index contributed by atoms with van der Waals surface area (Å²) in [6.45, 7) is 10.3. The number of piperidine rings is 1. The summed E-state index contributed by atoms with van der Waals surface area (Å²) in [5.41, 5.74) is 10.3. The lowest BCUT2D eigenvalue weighted by Crippen LogP contribution is -2.42. The van der Waals surface area contributed by atoms with Crippen molar-refractivity contribution in [2.24, 2.45) is 11.7 Å². The van der Waals surface area contributed by atoms with Crippen LogP contribution in [-0.4, -0.2) is 18.6 Å². The number of nitrogens with zero attached hydrogens (tertiary/aromatic N) is 1. The molecule has 0 amide bonds. The van der Waals surface area contributed by atoms with Crippen molar-refractivity contribution in [2.45, 2.75) is 65.5 Å². The van der Waals surface area contributed by atoms with E-state index >= 15 is 0 Å². The molecule has 3 atom stereocenters. The lowest BCUT2D eigenvalue weighted by atomic mass is 9.91. The van der Waals surface area contributed by atoms with E-state index in [0.29, 0.717) is 6.04 Å². The van der Waals surface area contributed by atoms with Gasteiger partial charge in [-0.2, -0.15) is 0 Å². The summed E-state index contributed by atoms with van der Waals surface area (Å²) in [6, 6.07) is 7.86. The van der Waals surface area contributed by atoms with E-state index in [4.69, 9.17) is 5.73 Å². The van der Waals surface area contributed by atoms with E-state index in [9.17, 15) is 0 Å². The number of hydrogen-bond donors (Lipinski definition) is 1. The third-order valence-corrected chi connectivity index (χ3v) is 5.04. The van der Waals surface area contributed by atoms with E-state index in [1.165, 1.54) is 36.2 Å². The SMILES string of the molecule is CCC(N)Cc1ccc(N2CCCC(C)C2C)cc1C. The maximum Gasteiger partial charge on any atom is 0.0371 e. The van der Waals surface area contributed by atoms with Gasteiger partial charge in [0.25, 0.3) is 0 Å². The predicted octanol–water partition coefficient (Wildman–Crippen LogP) is 3.90. The van der Waals surface area contributed by atoms with Crippen molar-refractivity contribution in [3.8, 4) is 0 Å². The van der Waals surface area contributed by atoms with Gasteiger partial charge in [-0.1, -0.05) is 19.9 Å². The van der Waals surface area contributed by atoms with Crippen LogP contribution in [0.4, 0.5) is 5.69 Å². The summed E-state index contributed by atoms with van der Waals surface area (Å²) in [4.78, 5) is 2.57. The summed E-state index contributed by atoms with van der Waals surface area (Å²) in [5, 5.41) is 0. The molecular weight excluding hydrogens is 244 g/mol. The first-order chi connectivity index (χ1) is 9.52. The molecular formula is C18H30N2. The van der Waals surface area contributed by atoms with Gasteiger partial charge in [0.2, 0.25) is 0 Å². The van der Waals surface area contributed by atoms with Gasteiger partial charge >= 0.3 is 0 Å². The summed E-state index contributed by atoms with van der Waals surface area (Å²) in [7, 11) is 0. The van der Waals surface area contributed by atoms with Crippen molar-refractivity contribution < 1.29 is 0 Å². The highest BCUT2D eigenvalue weighted by molar-refractivity contribution is 5.52. The van der Waals surface area contributed by atoms with Crippen LogP contribution in [0.25, 0.3) is 0 Å². The van der Waals surface area contributed by atoms with E-state index in [2.05, 4.69) is 50.8 Å². The van der Waals surface area contributed by atoms with E-state index in [0.717, 1.165) is 18.8 Å². The summed E-state index contributed by atoms with van der Waals surface area (Å²) in [6.07, 6.45) is 4.71. The lowest BCUT2D eigenvalue weighted by Gasteiger charge is -2.40. The molecule has 112 valence electrons. The van der Waals surface area contributed by atoms with Gasteiger partial charge in [-0.3, -0.25) is 0 Å². The highest BCUT2D eigenvalue weighted by Gasteiger charge is 2.24. The summed E-state index contributed by atoms with van der Waals surface area (Å²) in [5.74, 6) is 0.789. The Kier molecular flexibility index (Phi) is 5.09. The number of nitrogens with two attached hydrogens (primary N) is 1. The van der Waals surface area contributed by atoms with E-state index in [1.54, 1.807) is 0 Å². The number of hydrogen-bond acceptors (Lipinski definition) is 2. The molecule has 1 saturated heterocycles. The number of benzene rings is 1. The standard InChI is InChI=1S/C18H30N2/c1-5-17(19)12-16-8-9-18(11-14(16)3)20-10-6-7-13(2)15(20)4/h8-9,11,13,15,17H,5-7,10,12,19H2,1-4H3. The van der Waals surface area contributed by atoms with Crippen molar-refractivity contribution in [3.63, 3.8) is 0 Å². The molecule has 1 heterocycles. The molecule has 3 unspecified atom stereocenters. The Hall–Kier alpha value is -1.02. The molecule has 1 aromatic rings. The van der Waals surface area contributed by atoms with Crippen LogP contribution in [0.1, 0.15) is 51.2 Å². The first-order valence-corrected chi connectivity index (χ1v) is 8.14. The lowest BCUT2D eigenvalue weighted by molar-refractivity contribution is 0.363. The van der Waals surface area contributed by atoms with Crippen molar-refractivity contribution in [3.05, 3.63) is 29.3 Å². The Labute approximate surface area is 124 Å². The van der Waals surface area contributed by atoms with Crippen LogP contribution in [0.15, 0.2) is 18.2 Å². The minimum Gasteiger partial charge on any atom is -0.369 e. The van der Waals surface area contributed by atoms with Gasteiger partial charge in [0.1, 0.15) is 0 Å². The third-order valence-electron chi connectivity index (χ3n) is 5.04. The van der Waals surface area contributed by atoms with Crippen LogP contribution in [0.3, 0.4) is 0 Å². The van der Waals surface area contributed by atoms with Gasteiger partial charge in [0.15, 0.2) is 0 Å². The molecule has 2 nitrogen and oxygen atoms in total. The number of aryl methyl sites for hydroxylation is 1. The van der Waals surface area contributed by atoms with Crippen LogP contribution < -0.4 is 10.6 Å². The van der Waals surface area contributed by atoms with Crippen LogP contribution in [0.5, 0.6) is 0 Å². The number of rotatable bonds is 4. The molecule has 1 aliphatic heterocycles. The van der Waals surface area contributed by atoms with Crippen LogP contribution in [0, 0.1) is 12.8 Å². The average Bonchev–Trinajstić information content (AvgIpc) is 2.44. The predicted molar refractivity (Wildman–Crippen MR) is 88.4 cm³/mol. The van der Waals surface area contributed by atoms with Crippen molar-refractivity contribution in [1.82, 2.24) is 0 Å². The highest BCUT2D eigenvalue weighted by Crippen LogP contribution is 2.29. The van der Waals surface area contributed by atoms with Gasteiger partial charge in [-0.25, -0.2) is 0 Å². The van der Waals surface area contributed by atoms with Crippen molar-refractivity contribution >= 4 is 5.69 Å². The minimum atomic E-state index is 0.286. The Morgan fingerprint density at radius 3 is 2.75 bits per heavy atom. The summed E-state index contributed by atoms with van der Waals surface area (Å²) < 4.78 is 0. The van der Waals surface area contributed by atoms with Gasteiger partial charge in [-0.15, -0.1) is 0 Å². The molecule has 0 radical (unpaired) electrons. The molecule has 1 fully saturated rings. The van der Waals surface area contributed by atoms with Crippen molar-refractivity contribution in [1.29, 1.82) is 0 Å². The minimum absolute atomic E-state index is 0.286. The van der Waals surface area contributed by atoms with Crippen LogP contribution in [0.2, 0.25) is 0 Å². The van der Waals surface area contributed by atoms with Gasteiger partial charge < -0.3 is 10.6 Å². The molecule has 0 aliphatic carbocycles. The van der Waals surface area contributed by atoms with Gasteiger partial charge in [0.05, 0.1) is 0 Å². The highest BCUT2D eigenvalue weighted by atomic mass is 15.2. The van der Waals surface area contributed by atoms with E-state index in [-0.39, 0.29) is 6.04 Å². The Morgan fingerprint density at radius 1 is 1.35 bits per heavy atom. The van der Waals surface area contributed by atoms with Crippen molar-refractivity contribution in [2.75, 3.05) is 11.4 Å². The number of anilines is 1. The Morgan fingerprint density at radius 2 is 2.10 bits per heavy atom. The Balaban J connectivity index is 2.16. The van der Waals surface area contributed by atoms with E-state index in [1.807, 2.05) is 0 Å². The fourth-order valence-electron chi connectivity index (χ4n) is 3.21. The van der Waals surface area contributed by atoms with Gasteiger partial charge in [0, 0.05) is 24.3 Å². The quantitative estimate of drug-likeness (QED) is 0.902. The normalized spacial score (nSPS) is 24.8. The topological polar surface area (TPSA) is 29.3 Å². The van der Waals surface area contributed by atoms with Crippen LogP contribution >= 0.6 is 0 Å². The molecule has 1 aromatic carbocycles. The monoisotopic (exact) mass is 274 g/mol. The smallest absolute Gasteiger partial charge is 0.0371 e. The molecule has 20 heavy (non-hydrogen) atoms. The first kappa shape index (κ1) is 15.4. The zero-order chi connectivity index (χ0) is 14.7. The Bertz CT molecular complexity index is 441. The third kappa shape index (κ3) is 3.35. The average molecular weight is 274 g/mol. The largest absolute Gasteiger partial charge is 0.369 e. The maximum absolute atomic E-state index is 6.08. The fraction of sp³-hybridized carbons (Fsp3) is 0.667. The molecule has 0 spiro atoms. The zero-order valence-electron chi connectivity index (χ0n) is 13.5. The molecule has 1 aliphatic rings. The van der Waals surface area contributed by atoms with Gasteiger partial charge in [-0.05, 0) is 68.7 Å². The second-order valence-corrected chi connectivity index (χ2v) is 6.54. The molecule has 0 bridgehead atoms. The van der Waals surface area contributed by atoms with E-state index < -0.39 is 0 Å². The molecule has 2 N–H and O–H groups in total. The fourth-order valence-corrected chi connectivity index (χ4v) is 3.21. The van der Waals surface area contributed by atoms with Crippen LogP contribution in [-0.2, 0) is 6.42 Å². The second-order valence-electron chi connectivity index (χ2n) is 6.54. The summed E-state index contributed by atoms with van der Waals surface area (Å²) >= 11 is 0. The maximum atomic E-state index is 6.08. The molecule has 0 aromatic heterocycles. The molecule has 0 saturated carbocycles. The first-order valence-electron chi connectivity index (χ1n) is 8.14.